The van der Waals surface area contributed by atoms with Gasteiger partial charge in [-0.05, 0) is 63.6 Å². The molecule has 1 aliphatic heterocycles. The summed E-state index contributed by atoms with van der Waals surface area (Å²) in [6, 6.07) is 10.7. The van der Waals surface area contributed by atoms with E-state index in [0.717, 1.165) is 61.8 Å². The summed E-state index contributed by atoms with van der Waals surface area (Å²) < 4.78 is 19.1. The van der Waals surface area contributed by atoms with Crippen molar-refractivity contribution in [1.29, 1.82) is 0 Å². The molecule has 39 heavy (non-hydrogen) atoms. The highest BCUT2D eigenvalue weighted by Crippen LogP contribution is 2.39. The Morgan fingerprint density at radius 1 is 1.05 bits per heavy atom. The van der Waals surface area contributed by atoms with E-state index in [9.17, 15) is 4.79 Å². The van der Waals surface area contributed by atoms with Gasteiger partial charge in [0.15, 0.2) is 11.3 Å². The van der Waals surface area contributed by atoms with Gasteiger partial charge in [-0.1, -0.05) is 43.5 Å². The van der Waals surface area contributed by atoms with Crippen LogP contribution in [0.1, 0.15) is 87.8 Å². The summed E-state index contributed by atoms with van der Waals surface area (Å²) in [6.07, 6.45) is 8.17. The monoisotopic (exact) mass is 534 g/mol. The van der Waals surface area contributed by atoms with Crippen molar-refractivity contribution < 1.29 is 19.0 Å². The summed E-state index contributed by atoms with van der Waals surface area (Å²) in [4.78, 5) is 20.2. The number of aromatic nitrogens is 3. The van der Waals surface area contributed by atoms with Crippen LogP contribution in [0, 0.1) is 0 Å². The van der Waals surface area contributed by atoms with Gasteiger partial charge in [0.1, 0.15) is 0 Å². The van der Waals surface area contributed by atoms with E-state index in [0.29, 0.717) is 29.9 Å². The molecule has 1 saturated carbocycles. The second-order valence-electron chi connectivity index (χ2n) is 11.1. The van der Waals surface area contributed by atoms with Crippen LogP contribution < -0.4 is 4.74 Å². The maximum absolute atomic E-state index is 12.9. The minimum Gasteiger partial charge on any atom is -0.473 e. The minimum atomic E-state index is -0.417. The predicted molar refractivity (Wildman–Crippen MR) is 152 cm³/mol. The molecule has 0 amide bonds. The molecule has 0 spiro atoms. The number of hydrogen-bond donors (Lipinski definition) is 0. The number of ether oxygens (including phenoxy) is 3. The van der Waals surface area contributed by atoms with Crippen molar-refractivity contribution >= 4 is 17.0 Å². The Morgan fingerprint density at radius 2 is 1.77 bits per heavy atom. The summed E-state index contributed by atoms with van der Waals surface area (Å²) in [5, 5.41) is 5.81. The van der Waals surface area contributed by atoms with Gasteiger partial charge in [-0.3, -0.25) is 4.90 Å². The average molecular weight is 535 g/mol. The largest absolute Gasteiger partial charge is 0.473 e. The first kappa shape index (κ1) is 27.6. The summed E-state index contributed by atoms with van der Waals surface area (Å²) in [5.74, 6) is 0.160. The summed E-state index contributed by atoms with van der Waals surface area (Å²) in [5.41, 5.74) is 4.17. The second-order valence-corrected chi connectivity index (χ2v) is 11.1. The zero-order valence-corrected chi connectivity index (χ0v) is 23.8. The van der Waals surface area contributed by atoms with Gasteiger partial charge >= 0.3 is 5.97 Å². The molecule has 2 fully saturated rings. The van der Waals surface area contributed by atoms with E-state index in [1.54, 1.807) is 7.11 Å². The number of rotatable bonds is 9. The number of carbonyl (C=O) groups is 1. The number of esters is 1. The Morgan fingerprint density at radius 3 is 2.41 bits per heavy atom. The molecule has 8 nitrogen and oxygen atoms in total. The van der Waals surface area contributed by atoms with Gasteiger partial charge in [0.25, 0.3) is 0 Å². The van der Waals surface area contributed by atoms with Gasteiger partial charge in [0, 0.05) is 32.3 Å². The molecule has 3 heterocycles. The fourth-order valence-corrected chi connectivity index (χ4v) is 5.88. The fourth-order valence-electron chi connectivity index (χ4n) is 5.88. The van der Waals surface area contributed by atoms with Crippen molar-refractivity contribution in [1.82, 2.24) is 19.7 Å². The quantitative estimate of drug-likeness (QED) is 0.303. The van der Waals surface area contributed by atoms with Crippen LogP contribution in [-0.4, -0.2) is 64.6 Å². The molecule has 2 aromatic heterocycles. The Bertz CT molecular complexity index is 1260. The minimum absolute atomic E-state index is 0.0369. The van der Waals surface area contributed by atoms with Gasteiger partial charge in [0.05, 0.1) is 30.2 Å². The summed E-state index contributed by atoms with van der Waals surface area (Å²) in [7, 11) is 1.80. The Labute approximate surface area is 231 Å². The highest BCUT2D eigenvalue weighted by molar-refractivity contribution is 6.01. The van der Waals surface area contributed by atoms with Gasteiger partial charge in [0.2, 0.25) is 5.88 Å². The first-order valence-electron chi connectivity index (χ1n) is 14.6. The van der Waals surface area contributed by atoms with E-state index in [-0.39, 0.29) is 12.1 Å². The molecule has 210 valence electrons. The molecule has 1 saturated heterocycles. The lowest BCUT2D eigenvalue weighted by Crippen LogP contribution is -2.36. The molecular formula is C31H42N4O4. The number of likely N-dealkylation sites (tertiary alicyclic amines) is 1. The Kier molecular flexibility index (Phi) is 8.82. The lowest BCUT2D eigenvalue weighted by molar-refractivity contribution is 0.0388. The SMILES string of the molecule is CCOC(=O)c1cc(-c2ccc(CN3CCC(OC)CC3)cc2)c2c(OC(C)C)nn(C3CCCCC3)c2n1. The molecule has 0 radical (unpaired) electrons. The van der Waals surface area contributed by atoms with Crippen molar-refractivity contribution in [3.05, 3.63) is 41.6 Å². The van der Waals surface area contributed by atoms with Crippen LogP contribution in [0.3, 0.4) is 0 Å². The van der Waals surface area contributed by atoms with Crippen LogP contribution in [-0.2, 0) is 16.0 Å². The van der Waals surface area contributed by atoms with Gasteiger partial charge in [-0.25, -0.2) is 14.5 Å². The standard InChI is InChI=1S/C31H42N4O4/c1-5-38-31(36)27-19-26(23-13-11-22(12-14-23)20-34-17-15-25(37-4)16-18-34)28-29(32-27)35(24-9-7-6-8-10-24)33-30(28)39-21(2)3/h11-14,19,21,24-25H,5-10,15-18,20H2,1-4H3. The van der Waals surface area contributed by atoms with E-state index < -0.39 is 5.97 Å². The van der Waals surface area contributed by atoms with E-state index >= 15 is 0 Å². The van der Waals surface area contributed by atoms with Crippen LogP contribution in [0.4, 0.5) is 0 Å². The molecule has 0 bridgehead atoms. The van der Waals surface area contributed by atoms with E-state index in [4.69, 9.17) is 24.3 Å². The van der Waals surface area contributed by atoms with Crippen LogP contribution in [0.2, 0.25) is 0 Å². The van der Waals surface area contributed by atoms with Crippen LogP contribution in [0.15, 0.2) is 30.3 Å². The number of carbonyl (C=O) groups excluding carboxylic acids is 1. The molecule has 2 aliphatic rings. The first-order chi connectivity index (χ1) is 19.0. The molecule has 0 unspecified atom stereocenters. The molecule has 0 atom stereocenters. The summed E-state index contributed by atoms with van der Waals surface area (Å²) >= 11 is 0. The van der Waals surface area contributed by atoms with Crippen molar-refractivity contribution in [3.8, 4) is 17.0 Å². The third-order valence-electron chi connectivity index (χ3n) is 7.92. The van der Waals surface area contributed by atoms with Crippen molar-refractivity contribution in [2.75, 3.05) is 26.8 Å². The van der Waals surface area contributed by atoms with E-state index in [2.05, 4.69) is 29.2 Å². The molecule has 5 rings (SSSR count). The molecule has 1 aliphatic carbocycles. The number of piperidine rings is 1. The van der Waals surface area contributed by atoms with Gasteiger partial charge in [-0.2, -0.15) is 0 Å². The van der Waals surface area contributed by atoms with Gasteiger partial charge < -0.3 is 14.2 Å². The molecule has 3 aromatic rings. The smallest absolute Gasteiger partial charge is 0.357 e. The number of methoxy groups -OCH3 is 1. The van der Waals surface area contributed by atoms with Crippen molar-refractivity contribution in [2.24, 2.45) is 0 Å². The lowest BCUT2D eigenvalue weighted by Gasteiger charge is -2.31. The zero-order chi connectivity index (χ0) is 27.4. The highest BCUT2D eigenvalue weighted by Gasteiger charge is 2.27. The van der Waals surface area contributed by atoms with Gasteiger partial charge in [-0.15, -0.1) is 5.10 Å². The van der Waals surface area contributed by atoms with Crippen LogP contribution >= 0.6 is 0 Å². The Balaban J connectivity index is 1.54. The number of fused-ring (bicyclic) bond motifs is 1. The van der Waals surface area contributed by atoms with Crippen molar-refractivity contribution in [2.45, 2.75) is 90.5 Å². The molecular weight excluding hydrogens is 492 g/mol. The highest BCUT2D eigenvalue weighted by atomic mass is 16.5. The maximum Gasteiger partial charge on any atom is 0.357 e. The number of hydrogen-bond acceptors (Lipinski definition) is 7. The van der Waals surface area contributed by atoms with Crippen LogP contribution in [0.5, 0.6) is 5.88 Å². The fraction of sp³-hybridized carbons (Fsp3) is 0.581. The number of nitrogens with zero attached hydrogens (tertiary/aromatic N) is 4. The van der Waals surface area contributed by atoms with E-state index in [1.165, 1.54) is 24.8 Å². The lowest BCUT2D eigenvalue weighted by atomic mass is 9.95. The second kappa shape index (κ2) is 12.5. The topological polar surface area (TPSA) is 78.7 Å². The summed E-state index contributed by atoms with van der Waals surface area (Å²) in [6.45, 7) is 9.14. The number of benzene rings is 1. The molecule has 0 N–H and O–H groups in total. The first-order valence-corrected chi connectivity index (χ1v) is 14.6. The maximum atomic E-state index is 12.9. The molecule has 1 aromatic carbocycles. The average Bonchev–Trinajstić information content (AvgIpc) is 3.31. The third-order valence-corrected chi connectivity index (χ3v) is 7.92. The Hall–Kier alpha value is -2.97. The van der Waals surface area contributed by atoms with E-state index in [1.807, 2.05) is 31.5 Å². The normalized spacial score (nSPS) is 17.7. The predicted octanol–water partition coefficient (Wildman–Crippen LogP) is 6.18. The van der Waals surface area contributed by atoms with Crippen LogP contribution in [0.25, 0.3) is 22.2 Å². The third kappa shape index (κ3) is 6.28. The molecule has 8 heteroatoms. The number of pyridine rings is 1. The zero-order valence-electron chi connectivity index (χ0n) is 23.8. The van der Waals surface area contributed by atoms with Crippen molar-refractivity contribution in [3.63, 3.8) is 0 Å².